The summed E-state index contributed by atoms with van der Waals surface area (Å²) in [7, 11) is -4.97. The molecule has 0 saturated heterocycles. The van der Waals surface area contributed by atoms with Crippen LogP contribution in [0.1, 0.15) is 38.8 Å². The van der Waals surface area contributed by atoms with Crippen molar-refractivity contribution in [2.75, 3.05) is 0 Å². The van der Waals surface area contributed by atoms with Crippen molar-refractivity contribution in [3.05, 3.63) is 181 Å². The van der Waals surface area contributed by atoms with Gasteiger partial charge in [-0.25, -0.2) is 0 Å². The first-order valence-electron chi connectivity index (χ1n) is 19.1. The molecule has 0 fully saturated rings. The first kappa shape index (κ1) is 34.9. The number of para-hydroxylation sites is 2. The van der Waals surface area contributed by atoms with Crippen molar-refractivity contribution < 1.29 is 4.74 Å². The molecule has 0 radical (unpaired) electrons. The van der Waals surface area contributed by atoms with Gasteiger partial charge in [0.2, 0.25) is 0 Å². The van der Waals surface area contributed by atoms with Crippen molar-refractivity contribution in [1.82, 2.24) is 0 Å². The highest BCUT2D eigenvalue weighted by Gasteiger charge is 2.49. The molecule has 0 bridgehead atoms. The van der Waals surface area contributed by atoms with E-state index in [2.05, 4.69) is 211 Å². The van der Waals surface area contributed by atoms with Gasteiger partial charge in [0.25, 0.3) is 0 Å². The van der Waals surface area contributed by atoms with Crippen molar-refractivity contribution in [3.8, 4) is 22.6 Å². The van der Waals surface area contributed by atoms with Crippen LogP contribution < -0.4 is 35.9 Å². The van der Waals surface area contributed by atoms with Gasteiger partial charge in [-0.3, -0.25) is 0 Å². The lowest BCUT2D eigenvalue weighted by Crippen LogP contribution is -2.75. The molecule has 7 aromatic rings. The van der Waals surface area contributed by atoms with Crippen LogP contribution in [-0.4, -0.2) is 16.1 Å². The Labute approximate surface area is 327 Å². The summed E-state index contributed by atoms with van der Waals surface area (Å²) >= 11 is 1.98. The van der Waals surface area contributed by atoms with Gasteiger partial charge in [-0.15, -0.1) is 0 Å². The monoisotopic (exact) mass is 750 g/mol. The molecule has 266 valence electrons. The van der Waals surface area contributed by atoms with E-state index in [1.807, 2.05) is 11.8 Å². The Morgan fingerprint density at radius 1 is 0.519 bits per heavy atom. The minimum Gasteiger partial charge on any atom is -0.457 e. The molecule has 0 aromatic heterocycles. The predicted molar refractivity (Wildman–Crippen MR) is 235 cm³/mol. The SMILES string of the molecule is CC1(C)c2ccccc2Sc2c(cccc2[Si](c2ccccc2)(c2ccccc2)c2cccc(-c3cccc4c3Oc3ccccc3[Si]4(C)C)c2)C1(C)C. The van der Waals surface area contributed by atoms with E-state index in [4.69, 9.17) is 4.74 Å². The topological polar surface area (TPSA) is 9.23 Å². The minimum absolute atomic E-state index is 0.0911. The van der Waals surface area contributed by atoms with Crippen LogP contribution in [0.15, 0.2) is 180 Å². The van der Waals surface area contributed by atoms with E-state index in [-0.39, 0.29) is 10.8 Å². The van der Waals surface area contributed by atoms with Crippen molar-refractivity contribution in [3.63, 3.8) is 0 Å². The molecule has 2 heterocycles. The maximum absolute atomic E-state index is 6.88. The maximum atomic E-state index is 6.88. The van der Waals surface area contributed by atoms with Gasteiger partial charge in [0.05, 0.1) is 0 Å². The molecule has 0 N–H and O–H groups in total. The van der Waals surface area contributed by atoms with Gasteiger partial charge >= 0.3 is 0 Å². The summed E-state index contributed by atoms with van der Waals surface area (Å²) < 4.78 is 6.88. The Hall–Kier alpha value is -4.88. The molecule has 0 spiro atoms. The van der Waals surface area contributed by atoms with E-state index in [9.17, 15) is 0 Å². The fourth-order valence-electron chi connectivity index (χ4n) is 9.25. The molecule has 2 aliphatic rings. The highest BCUT2D eigenvalue weighted by atomic mass is 32.2. The fraction of sp³-hybridized carbons (Fsp3) is 0.160. The summed E-state index contributed by atoms with van der Waals surface area (Å²) in [5.74, 6) is 2.01. The zero-order chi connectivity index (χ0) is 37.3. The largest absolute Gasteiger partial charge is 0.457 e. The third-order valence-corrected chi connectivity index (χ3v) is 22.6. The molecule has 0 aliphatic carbocycles. The van der Waals surface area contributed by atoms with Crippen LogP contribution in [0.4, 0.5) is 0 Å². The first-order valence-corrected chi connectivity index (χ1v) is 24.9. The molecule has 0 unspecified atom stereocenters. The van der Waals surface area contributed by atoms with Crippen LogP contribution in [0.25, 0.3) is 11.1 Å². The lowest BCUT2D eigenvalue weighted by molar-refractivity contribution is 0.296. The number of rotatable bonds is 5. The van der Waals surface area contributed by atoms with Gasteiger partial charge in [0.15, 0.2) is 8.07 Å². The van der Waals surface area contributed by atoms with E-state index < -0.39 is 16.1 Å². The average Bonchev–Trinajstić information content (AvgIpc) is 3.26. The van der Waals surface area contributed by atoms with Crippen LogP contribution in [0.2, 0.25) is 13.1 Å². The second-order valence-corrected chi connectivity index (χ2v) is 25.6. The van der Waals surface area contributed by atoms with Crippen molar-refractivity contribution in [1.29, 1.82) is 0 Å². The molecule has 4 heteroatoms. The van der Waals surface area contributed by atoms with E-state index in [1.54, 1.807) is 0 Å². The lowest BCUT2D eigenvalue weighted by atomic mass is 9.61. The smallest absolute Gasteiger partial charge is 0.180 e. The van der Waals surface area contributed by atoms with E-state index in [1.165, 1.54) is 57.6 Å². The Morgan fingerprint density at radius 3 is 1.81 bits per heavy atom. The molecule has 0 amide bonds. The highest BCUT2D eigenvalue weighted by Crippen LogP contribution is 2.53. The van der Waals surface area contributed by atoms with Crippen LogP contribution in [0, 0.1) is 0 Å². The molecule has 54 heavy (non-hydrogen) atoms. The predicted octanol–water partition coefficient (Wildman–Crippen LogP) is 9.38. The molecule has 0 atom stereocenters. The van der Waals surface area contributed by atoms with Crippen LogP contribution in [0.3, 0.4) is 0 Å². The third kappa shape index (κ3) is 5.11. The zero-order valence-electron chi connectivity index (χ0n) is 32.0. The standard InChI is InChI=1S/C50H46OSSi2/c1-49(2)40-27-13-15-30-43(40)52-48-41(50(49,3)4)28-19-33-46(48)54(36-21-9-7-10-22-36,37-23-11-8-12-24-37)38-25-17-20-35(34-38)39-26-18-32-45-47(39)51-42-29-14-16-31-44(42)53(45,5)6/h7-34H,1-6H3. The van der Waals surface area contributed by atoms with Gasteiger partial charge in [-0.1, -0.05) is 210 Å². The summed E-state index contributed by atoms with van der Waals surface area (Å²) in [6.45, 7) is 14.7. The normalized spacial score (nSPS) is 16.1. The van der Waals surface area contributed by atoms with Crippen molar-refractivity contribution >= 4 is 59.0 Å². The van der Waals surface area contributed by atoms with Crippen LogP contribution in [-0.2, 0) is 10.8 Å². The number of fused-ring (bicyclic) bond motifs is 4. The maximum Gasteiger partial charge on any atom is 0.180 e. The molecule has 0 saturated carbocycles. The number of hydrogen-bond donors (Lipinski definition) is 0. The number of hydrogen-bond acceptors (Lipinski definition) is 2. The zero-order valence-corrected chi connectivity index (χ0v) is 34.8. The van der Waals surface area contributed by atoms with Crippen LogP contribution >= 0.6 is 11.8 Å². The Balaban J connectivity index is 1.35. The Morgan fingerprint density at radius 2 is 1.07 bits per heavy atom. The summed E-state index contributed by atoms with van der Waals surface area (Å²) in [6, 6.07) is 64.0. The molecular weight excluding hydrogens is 705 g/mol. The van der Waals surface area contributed by atoms with Crippen molar-refractivity contribution in [2.24, 2.45) is 0 Å². The van der Waals surface area contributed by atoms with Gasteiger partial charge < -0.3 is 4.74 Å². The van der Waals surface area contributed by atoms with E-state index >= 15 is 0 Å². The van der Waals surface area contributed by atoms with E-state index in [0.717, 1.165) is 17.1 Å². The van der Waals surface area contributed by atoms with Crippen LogP contribution in [0.5, 0.6) is 11.5 Å². The Kier molecular flexibility index (Phi) is 8.31. The Bertz CT molecular complexity index is 2500. The highest BCUT2D eigenvalue weighted by molar-refractivity contribution is 7.99. The number of ether oxygens (including phenoxy) is 1. The molecule has 9 rings (SSSR count). The third-order valence-electron chi connectivity index (χ3n) is 12.9. The molecule has 1 nitrogen and oxygen atoms in total. The molecular formula is C50H46OSSi2. The first-order chi connectivity index (χ1) is 26.1. The van der Waals surface area contributed by atoms with E-state index in [0.29, 0.717) is 0 Å². The summed E-state index contributed by atoms with van der Waals surface area (Å²) in [5, 5.41) is 8.28. The minimum atomic E-state index is -2.97. The summed E-state index contributed by atoms with van der Waals surface area (Å²) in [4.78, 5) is 2.75. The van der Waals surface area contributed by atoms with Gasteiger partial charge in [0.1, 0.15) is 19.6 Å². The molecule has 2 aliphatic heterocycles. The van der Waals surface area contributed by atoms with Gasteiger partial charge in [-0.2, -0.15) is 0 Å². The molecule has 7 aromatic carbocycles. The summed E-state index contributed by atoms with van der Waals surface area (Å²) in [5.41, 5.74) is 4.96. The second-order valence-electron chi connectivity index (χ2n) is 16.5. The second kappa shape index (κ2) is 12.9. The fourth-order valence-corrected chi connectivity index (χ4v) is 18.9. The lowest BCUT2D eigenvalue weighted by Gasteiger charge is -2.43. The quantitative estimate of drug-likeness (QED) is 0.128. The van der Waals surface area contributed by atoms with Crippen molar-refractivity contribution in [2.45, 2.75) is 61.4 Å². The number of benzene rings is 7. The summed E-state index contributed by atoms with van der Waals surface area (Å²) in [6.07, 6.45) is 0. The average molecular weight is 751 g/mol. The van der Waals surface area contributed by atoms with Gasteiger partial charge in [0, 0.05) is 15.4 Å². The van der Waals surface area contributed by atoms with Gasteiger partial charge in [-0.05, 0) is 70.8 Å².